The van der Waals surface area contributed by atoms with Crippen molar-refractivity contribution in [3.8, 4) is 0 Å². The maximum Gasteiger partial charge on any atom is 0.187 e. The highest BCUT2D eigenvalue weighted by molar-refractivity contribution is 9.10. The number of anilines is 1. The van der Waals surface area contributed by atoms with E-state index in [1.54, 1.807) is 30.5 Å². The van der Waals surface area contributed by atoms with Gasteiger partial charge in [-0.2, -0.15) is 0 Å². The summed E-state index contributed by atoms with van der Waals surface area (Å²) in [5.74, 6) is -0.0537. The maximum absolute atomic E-state index is 11.8. The Balaban J connectivity index is 1.99. The summed E-state index contributed by atoms with van der Waals surface area (Å²) < 4.78 is 0.949. The lowest BCUT2D eigenvalue weighted by atomic mass is 10.1. The van der Waals surface area contributed by atoms with Crippen LogP contribution in [0.3, 0.4) is 0 Å². The van der Waals surface area contributed by atoms with Crippen LogP contribution in [0.5, 0.6) is 0 Å². The summed E-state index contributed by atoms with van der Waals surface area (Å²) in [5, 5.41) is 3.65. The van der Waals surface area contributed by atoms with Crippen LogP contribution in [0.15, 0.2) is 65.3 Å². The van der Waals surface area contributed by atoms with Crippen LogP contribution in [0.2, 0.25) is 5.02 Å². The van der Waals surface area contributed by atoms with E-state index >= 15 is 0 Å². The summed E-state index contributed by atoms with van der Waals surface area (Å²) >= 11 is 9.19. The van der Waals surface area contributed by atoms with Gasteiger partial charge in [0.25, 0.3) is 0 Å². The number of nitrogens with one attached hydrogen (secondary N) is 1. The number of halogens is 2. The number of allylic oxidation sites excluding steroid dienone is 1. The molecule has 2 aromatic carbocycles. The molecular weight excluding hydrogens is 326 g/mol. The summed E-state index contributed by atoms with van der Waals surface area (Å²) in [7, 11) is 0. The van der Waals surface area contributed by atoms with Gasteiger partial charge in [0.15, 0.2) is 5.78 Å². The van der Waals surface area contributed by atoms with Crippen LogP contribution in [-0.2, 0) is 0 Å². The largest absolute Gasteiger partial charge is 0.362 e. The Morgan fingerprint density at radius 1 is 1.16 bits per heavy atom. The second kappa shape index (κ2) is 6.55. The molecule has 0 radical (unpaired) electrons. The molecule has 0 aromatic heterocycles. The predicted molar refractivity (Wildman–Crippen MR) is 82.7 cm³/mol. The van der Waals surface area contributed by atoms with Crippen LogP contribution in [0.4, 0.5) is 5.69 Å². The number of rotatable bonds is 4. The topological polar surface area (TPSA) is 29.1 Å². The molecule has 0 spiro atoms. The molecule has 0 aliphatic rings. The smallest absolute Gasteiger partial charge is 0.187 e. The highest BCUT2D eigenvalue weighted by Crippen LogP contribution is 2.15. The first-order valence-corrected chi connectivity index (χ1v) is 6.81. The van der Waals surface area contributed by atoms with Gasteiger partial charge in [0.1, 0.15) is 0 Å². The van der Waals surface area contributed by atoms with Crippen LogP contribution in [-0.4, -0.2) is 5.78 Å². The highest BCUT2D eigenvalue weighted by Gasteiger charge is 2.00. The average molecular weight is 337 g/mol. The Bertz CT molecular complexity index is 608. The second-order valence-corrected chi connectivity index (χ2v) is 5.21. The molecule has 0 amide bonds. The van der Waals surface area contributed by atoms with E-state index in [0.717, 1.165) is 10.2 Å². The van der Waals surface area contributed by atoms with E-state index in [4.69, 9.17) is 11.6 Å². The predicted octanol–water partition coefficient (Wildman–Crippen LogP) is 4.91. The quantitative estimate of drug-likeness (QED) is 0.635. The van der Waals surface area contributed by atoms with E-state index < -0.39 is 0 Å². The lowest BCUT2D eigenvalue weighted by molar-refractivity contribution is 0.104. The van der Waals surface area contributed by atoms with Crippen molar-refractivity contribution in [2.75, 3.05) is 5.32 Å². The first-order valence-electron chi connectivity index (χ1n) is 5.64. The first kappa shape index (κ1) is 13.8. The average Bonchev–Trinajstić information content (AvgIpc) is 2.39. The normalized spacial score (nSPS) is 10.6. The third kappa shape index (κ3) is 4.23. The van der Waals surface area contributed by atoms with Crippen LogP contribution in [0, 0.1) is 0 Å². The number of carbonyl (C=O) groups excluding carboxylic acids is 1. The number of ketones is 1. The molecule has 0 bridgehead atoms. The third-order valence-corrected chi connectivity index (χ3v) is 3.20. The molecule has 96 valence electrons. The van der Waals surface area contributed by atoms with Crippen molar-refractivity contribution in [1.29, 1.82) is 0 Å². The van der Waals surface area contributed by atoms with E-state index in [1.165, 1.54) is 6.08 Å². The third-order valence-electron chi connectivity index (χ3n) is 2.44. The van der Waals surface area contributed by atoms with Gasteiger partial charge in [-0.3, -0.25) is 4.79 Å². The minimum Gasteiger partial charge on any atom is -0.362 e. The molecule has 0 saturated carbocycles. The monoisotopic (exact) mass is 335 g/mol. The summed E-state index contributed by atoms with van der Waals surface area (Å²) in [6, 6.07) is 14.5. The van der Waals surface area contributed by atoms with E-state index in [0.29, 0.717) is 10.6 Å². The molecular formula is C15H11BrClNO. The fraction of sp³-hybridized carbons (Fsp3) is 0. The standard InChI is InChI=1S/C15H11BrClNO/c16-12-6-4-11(5-7-12)15(19)8-9-18-14-3-1-2-13(17)10-14/h1-10,18H/b9-8-. The summed E-state index contributed by atoms with van der Waals surface area (Å²) in [6.45, 7) is 0. The molecule has 19 heavy (non-hydrogen) atoms. The number of carbonyl (C=O) groups is 1. The molecule has 2 rings (SSSR count). The zero-order chi connectivity index (χ0) is 13.7. The number of hydrogen-bond donors (Lipinski definition) is 1. The van der Waals surface area contributed by atoms with Crippen LogP contribution in [0.25, 0.3) is 0 Å². The fourth-order valence-corrected chi connectivity index (χ4v) is 1.96. The van der Waals surface area contributed by atoms with Crippen molar-refractivity contribution in [3.63, 3.8) is 0 Å². The molecule has 1 N–H and O–H groups in total. The van der Waals surface area contributed by atoms with E-state index in [-0.39, 0.29) is 5.78 Å². The number of benzene rings is 2. The van der Waals surface area contributed by atoms with Gasteiger partial charge in [-0.15, -0.1) is 0 Å². The van der Waals surface area contributed by atoms with Crippen molar-refractivity contribution in [2.45, 2.75) is 0 Å². The molecule has 0 fully saturated rings. The van der Waals surface area contributed by atoms with Gasteiger partial charge in [0, 0.05) is 33.0 Å². The Morgan fingerprint density at radius 2 is 1.89 bits per heavy atom. The molecule has 0 unspecified atom stereocenters. The van der Waals surface area contributed by atoms with Crippen LogP contribution in [0.1, 0.15) is 10.4 Å². The van der Waals surface area contributed by atoms with Gasteiger partial charge in [-0.05, 0) is 42.5 Å². The van der Waals surface area contributed by atoms with Crippen molar-refractivity contribution >= 4 is 39.0 Å². The first-order chi connectivity index (χ1) is 9.15. The molecule has 0 heterocycles. The van der Waals surface area contributed by atoms with Crippen molar-refractivity contribution in [3.05, 3.63) is 75.9 Å². The Labute approximate surface area is 125 Å². The van der Waals surface area contributed by atoms with Gasteiger partial charge >= 0.3 is 0 Å². The Hall–Kier alpha value is -1.58. The molecule has 4 heteroatoms. The second-order valence-electron chi connectivity index (χ2n) is 3.86. The molecule has 0 aliphatic carbocycles. The van der Waals surface area contributed by atoms with Gasteiger partial charge in [-0.25, -0.2) is 0 Å². The zero-order valence-electron chi connectivity index (χ0n) is 9.94. The van der Waals surface area contributed by atoms with E-state index in [1.807, 2.05) is 24.3 Å². The van der Waals surface area contributed by atoms with Crippen LogP contribution >= 0.6 is 27.5 Å². The molecule has 2 aromatic rings. The lowest BCUT2D eigenvalue weighted by Crippen LogP contribution is -1.95. The van der Waals surface area contributed by atoms with Gasteiger partial charge in [-0.1, -0.05) is 33.6 Å². The summed E-state index contributed by atoms with van der Waals surface area (Å²) in [5.41, 5.74) is 1.49. The lowest BCUT2D eigenvalue weighted by Gasteiger charge is -2.00. The van der Waals surface area contributed by atoms with Crippen molar-refractivity contribution in [1.82, 2.24) is 0 Å². The molecule has 0 saturated heterocycles. The minimum absolute atomic E-state index is 0.0537. The van der Waals surface area contributed by atoms with Gasteiger partial charge < -0.3 is 5.32 Å². The molecule has 0 atom stereocenters. The minimum atomic E-state index is -0.0537. The zero-order valence-corrected chi connectivity index (χ0v) is 12.3. The Kier molecular flexibility index (Phi) is 4.77. The summed E-state index contributed by atoms with van der Waals surface area (Å²) in [4.78, 5) is 11.8. The van der Waals surface area contributed by atoms with Crippen molar-refractivity contribution in [2.24, 2.45) is 0 Å². The van der Waals surface area contributed by atoms with Crippen LogP contribution < -0.4 is 5.32 Å². The van der Waals surface area contributed by atoms with E-state index in [9.17, 15) is 4.79 Å². The highest BCUT2D eigenvalue weighted by atomic mass is 79.9. The Morgan fingerprint density at radius 3 is 2.58 bits per heavy atom. The molecule has 2 nitrogen and oxygen atoms in total. The molecule has 0 aliphatic heterocycles. The SMILES string of the molecule is O=C(/C=C\Nc1cccc(Cl)c1)c1ccc(Br)cc1. The van der Waals surface area contributed by atoms with Gasteiger partial charge in [0.2, 0.25) is 0 Å². The van der Waals surface area contributed by atoms with E-state index in [2.05, 4.69) is 21.2 Å². The van der Waals surface area contributed by atoms with Crippen molar-refractivity contribution < 1.29 is 4.79 Å². The van der Waals surface area contributed by atoms with Gasteiger partial charge in [0.05, 0.1) is 0 Å². The fourth-order valence-electron chi connectivity index (χ4n) is 1.50. The number of hydrogen-bond acceptors (Lipinski definition) is 2. The maximum atomic E-state index is 11.8. The summed E-state index contributed by atoms with van der Waals surface area (Å²) in [6.07, 6.45) is 3.10.